The number of carboxylic acid groups (broad SMARTS) is 1. The third kappa shape index (κ3) is 2.62. The number of hydrogen-bond donors (Lipinski definition) is 2. The van der Waals surface area contributed by atoms with Crippen LogP contribution in [0.3, 0.4) is 0 Å². The van der Waals surface area contributed by atoms with E-state index in [-0.39, 0.29) is 34.3 Å². The van der Waals surface area contributed by atoms with E-state index < -0.39 is 5.97 Å². The zero-order chi connectivity index (χ0) is 17.3. The molecule has 0 aliphatic rings. The first-order valence-corrected chi connectivity index (χ1v) is 6.91. The number of nitrogens with zero attached hydrogens (tertiary/aromatic N) is 4. The summed E-state index contributed by atoms with van der Waals surface area (Å²) < 4.78 is 6.64. The highest BCUT2D eigenvalue weighted by Crippen LogP contribution is 2.30. The van der Waals surface area contributed by atoms with Gasteiger partial charge in [-0.25, -0.2) is 19.7 Å². The van der Waals surface area contributed by atoms with E-state index in [1.165, 1.54) is 23.1 Å². The largest absolute Gasteiger partial charge is 0.476 e. The van der Waals surface area contributed by atoms with Gasteiger partial charge in [-0.1, -0.05) is 0 Å². The van der Waals surface area contributed by atoms with E-state index >= 15 is 0 Å². The predicted molar refractivity (Wildman–Crippen MR) is 84.7 cm³/mol. The van der Waals surface area contributed by atoms with Crippen LogP contribution >= 0.6 is 0 Å². The number of oxazole rings is 1. The maximum Gasteiger partial charge on any atom is 0.358 e. The fourth-order valence-electron chi connectivity index (χ4n) is 2.18. The van der Waals surface area contributed by atoms with Crippen molar-refractivity contribution in [3.63, 3.8) is 0 Å². The lowest BCUT2D eigenvalue weighted by molar-refractivity contribution is 0.0691. The summed E-state index contributed by atoms with van der Waals surface area (Å²) in [6.45, 7) is 0. The molecule has 0 saturated carbocycles. The number of pyridine rings is 1. The quantitative estimate of drug-likeness (QED) is 0.733. The number of rotatable bonds is 4. The maximum atomic E-state index is 11.6. The molecule has 0 unspecified atom stereocenters. The fourth-order valence-corrected chi connectivity index (χ4v) is 2.18. The topological polar surface area (TPSA) is 123 Å². The summed E-state index contributed by atoms with van der Waals surface area (Å²) in [6, 6.07) is 2.91. The van der Waals surface area contributed by atoms with E-state index in [2.05, 4.69) is 20.3 Å². The zero-order valence-corrected chi connectivity index (χ0v) is 12.8. The molecule has 0 saturated heterocycles. The number of anilines is 1. The monoisotopic (exact) mass is 327 g/mol. The Morgan fingerprint density at radius 1 is 1.29 bits per heavy atom. The van der Waals surface area contributed by atoms with Crippen molar-refractivity contribution in [2.45, 2.75) is 0 Å². The van der Waals surface area contributed by atoms with Gasteiger partial charge in [-0.15, -0.1) is 0 Å². The standard InChI is InChI=1S/C15H13N5O4/c1-16-13-12(15(22)23)18-10(8-3-4-9(21)20(2)7-8)11(19-13)14-17-5-6-24-14/h3-7H,1-2H3,(H,16,19)(H,22,23). The molecule has 3 rings (SSSR count). The minimum Gasteiger partial charge on any atom is -0.476 e. The van der Waals surface area contributed by atoms with Gasteiger partial charge in [0, 0.05) is 31.9 Å². The summed E-state index contributed by atoms with van der Waals surface area (Å²) in [4.78, 5) is 35.6. The molecule has 9 heteroatoms. The van der Waals surface area contributed by atoms with Gasteiger partial charge >= 0.3 is 5.97 Å². The second kappa shape index (κ2) is 5.95. The van der Waals surface area contributed by atoms with Crippen LogP contribution in [0.1, 0.15) is 10.5 Å². The number of hydrogen-bond acceptors (Lipinski definition) is 7. The maximum absolute atomic E-state index is 11.6. The predicted octanol–water partition coefficient (Wildman–Crippen LogP) is 1.24. The van der Waals surface area contributed by atoms with Crippen molar-refractivity contribution in [1.29, 1.82) is 0 Å². The van der Waals surface area contributed by atoms with Gasteiger partial charge in [-0.3, -0.25) is 4.79 Å². The number of aromatic nitrogens is 4. The first-order chi connectivity index (χ1) is 11.5. The van der Waals surface area contributed by atoms with Gasteiger partial charge in [0.25, 0.3) is 0 Å². The van der Waals surface area contributed by atoms with Crippen LogP contribution in [0.2, 0.25) is 0 Å². The van der Waals surface area contributed by atoms with Crippen molar-refractivity contribution in [1.82, 2.24) is 19.5 Å². The molecule has 0 aliphatic heterocycles. The van der Waals surface area contributed by atoms with Gasteiger partial charge < -0.3 is 19.4 Å². The van der Waals surface area contributed by atoms with E-state index in [1.807, 2.05) is 0 Å². The Bertz CT molecular complexity index is 962. The van der Waals surface area contributed by atoms with Crippen LogP contribution in [0.25, 0.3) is 22.8 Å². The molecule has 0 aliphatic carbocycles. The molecule has 122 valence electrons. The van der Waals surface area contributed by atoms with Gasteiger partial charge in [0.15, 0.2) is 17.2 Å². The van der Waals surface area contributed by atoms with Crippen LogP contribution in [0.4, 0.5) is 5.82 Å². The first kappa shape index (κ1) is 15.4. The Morgan fingerprint density at radius 2 is 2.08 bits per heavy atom. The third-order valence-corrected chi connectivity index (χ3v) is 3.33. The summed E-state index contributed by atoms with van der Waals surface area (Å²) in [7, 11) is 3.13. The summed E-state index contributed by atoms with van der Waals surface area (Å²) in [5.41, 5.74) is 0.603. The van der Waals surface area contributed by atoms with Crippen LogP contribution in [-0.4, -0.2) is 37.6 Å². The molecule has 0 bridgehead atoms. The Kier molecular flexibility index (Phi) is 3.82. The van der Waals surface area contributed by atoms with Gasteiger partial charge in [0.1, 0.15) is 12.0 Å². The molecule has 9 nitrogen and oxygen atoms in total. The highest BCUT2D eigenvalue weighted by molar-refractivity contribution is 5.93. The molecule has 3 aromatic heterocycles. The number of carbonyl (C=O) groups is 1. The van der Waals surface area contributed by atoms with E-state index in [1.54, 1.807) is 26.4 Å². The summed E-state index contributed by atoms with van der Waals surface area (Å²) >= 11 is 0. The van der Waals surface area contributed by atoms with Crippen LogP contribution in [0.15, 0.2) is 40.0 Å². The highest BCUT2D eigenvalue weighted by Gasteiger charge is 2.22. The Labute approximate surface area is 135 Å². The first-order valence-electron chi connectivity index (χ1n) is 6.91. The molecule has 24 heavy (non-hydrogen) atoms. The minimum absolute atomic E-state index is 0.0873. The van der Waals surface area contributed by atoms with Crippen molar-refractivity contribution >= 4 is 11.8 Å². The van der Waals surface area contributed by atoms with Gasteiger partial charge in [0.05, 0.1) is 6.20 Å². The van der Waals surface area contributed by atoms with Crippen molar-refractivity contribution in [2.75, 3.05) is 12.4 Å². The lowest BCUT2D eigenvalue weighted by atomic mass is 10.1. The fraction of sp³-hybridized carbons (Fsp3) is 0.133. The average Bonchev–Trinajstić information content (AvgIpc) is 3.10. The lowest BCUT2D eigenvalue weighted by Gasteiger charge is -2.11. The molecule has 0 aromatic carbocycles. The van der Waals surface area contributed by atoms with Gasteiger partial charge in [0.2, 0.25) is 11.4 Å². The molecule has 0 amide bonds. The summed E-state index contributed by atoms with van der Waals surface area (Å²) in [5.74, 6) is -0.944. The molecule has 0 fully saturated rings. The number of aryl methyl sites for hydroxylation is 1. The second-order valence-electron chi connectivity index (χ2n) is 4.88. The molecular weight excluding hydrogens is 314 g/mol. The third-order valence-electron chi connectivity index (χ3n) is 3.33. The van der Waals surface area contributed by atoms with Crippen LogP contribution in [-0.2, 0) is 7.05 Å². The van der Waals surface area contributed by atoms with Crippen LogP contribution in [0.5, 0.6) is 0 Å². The Balaban J connectivity index is 2.32. The van der Waals surface area contributed by atoms with Crippen LogP contribution in [0, 0.1) is 0 Å². The number of carboxylic acids is 1. The molecule has 3 heterocycles. The Hall–Kier alpha value is -3.49. The van der Waals surface area contributed by atoms with Crippen molar-refractivity contribution < 1.29 is 14.3 Å². The Morgan fingerprint density at radius 3 is 2.67 bits per heavy atom. The molecule has 0 spiro atoms. The molecule has 0 radical (unpaired) electrons. The zero-order valence-electron chi connectivity index (χ0n) is 12.8. The van der Waals surface area contributed by atoms with Crippen molar-refractivity contribution in [3.8, 4) is 22.8 Å². The van der Waals surface area contributed by atoms with Crippen molar-refractivity contribution in [3.05, 3.63) is 46.8 Å². The molecule has 3 aromatic rings. The van der Waals surface area contributed by atoms with Gasteiger partial charge in [-0.05, 0) is 6.07 Å². The summed E-state index contributed by atoms with van der Waals surface area (Å²) in [5, 5.41) is 12.1. The average molecular weight is 327 g/mol. The number of nitrogens with one attached hydrogen (secondary N) is 1. The minimum atomic E-state index is -1.23. The lowest BCUT2D eigenvalue weighted by Crippen LogP contribution is -2.15. The van der Waals surface area contributed by atoms with E-state index in [0.717, 1.165) is 0 Å². The van der Waals surface area contributed by atoms with E-state index in [4.69, 9.17) is 4.42 Å². The normalized spacial score (nSPS) is 10.6. The highest BCUT2D eigenvalue weighted by atomic mass is 16.4. The second-order valence-corrected chi connectivity index (χ2v) is 4.88. The van der Waals surface area contributed by atoms with Crippen LogP contribution < -0.4 is 10.9 Å². The van der Waals surface area contributed by atoms with E-state index in [9.17, 15) is 14.7 Å². The smallest absolute Gasteiger partial charge is 0.358 e. The molecule has 2 N–H and O–H groups in total. The van der Waals surface area contributed by atoms with Crippen molar-refractivity contribution in [2.24, 2.45) is 7.05 Å². The SMILES string of the molecule is CNc1nc(-c2ncco2)c(-c2ccc(=O)n(C)c2)nc1C(=O)O. The van der Waals surface area contributed by atoms with Gasteiger partial charge in [-0.2, -0.15) is 0 Å². The number of aromatic carboxylic acids is 1. The summed E-state index contributed by atoms with van der Waals surface area (Å²) in [6.07, 6.45) is 4.38. The van der Waals surface area contributed by atoms with E-state index in [0.29, 0.717) is 5.56 Å². The molecular formula is C15H13N5O4. The molecule has 0 atom stereocenters.